The van der Waals surface area contributed by atoms with Gasteiger partial charge in [-0.1, -0.05) is 20.4 Å². The maximum absolute atomic E-state index is 5.20. The molecule has 0 aromatic heterocycles. The number of hydrogen-bond donors (Lipinski definition) is 1. The second kappa shape index (κ2) is 3.70. The second-order valence-corrected chi connectivity index (χ2v) is 4.71. The van der Waals surface area contributed by atoms with Crippen molar-refractivity contribution in [1.82, 2.24) is 5.32 Å². The summed E-state index contributed by atoms with van der Waals surface area (Å²) >= 11 is 0. The van der Waals surface area contributed by atoms with E-state index in [1.807, 2.05) is 0 Å². The first kappa shape index (κ1) is 10.6. The molecule has 1 N–H and O–H groups in total. The van der Waals surface area contributed by atoms with Gasteiger partial charge in [0.25, 0.3) is 0 Å². The number of nitrogens with one attached hydrogen (secondary N) is 1. The quantitative estimate of drug-likeness (QED) is 0.721. The fraction of sp³-hybridized carbons (Fsp3) is 0.818. The highest BCUT2D eigenvalue weighted by Crippen LogP contribution is 2.32. The van der Waals surface area contributed by atoms with Gasteiger partial charge in [0.1, 0.15) is 0 Å². The Bertz CT molecular complexity index is 194. The molecule has 1 aliphatic rings. The molecule has 0 spiro atoms. The Hall–Kier alpha value is -0.500. The summed E-state index contributed by atoms with van der Waals surface area (Å²) in [7, 11) is 0. The van der Waals surface area contributed by atoms with E-state index in [-0.39, 0.29) is 5.41 Å². The van der Waals surface area contributed by atoms with Crippen molar-refractivity contribution in [2.24, 2.45) is 11.3 Å². The summed E-state index contributed by atoms with van der Waals surface area (Å²) in [4.78, 5) is 0. The van der Waals surface area contributed by atoms with E-state index in [0.29, 0.717) is 12.0 Å². The van der Waals surface area contributed by atoms with Gasteiger partial charge in [-0.25, -0.2) is 0 Å². The molecule has 0 saturated carbocycles. The van der Waals surface area contributed by atoms with E-state index >= 15 is 0 Å². The maximum Gasteiger partial charge on any atom is 0.0597 e. The van der Waals surface area contributed by atoms with Gasteiger partial charge < -0.3 is 10.1 Å². The smallest absolute Gasteiger partial charge is 0.0597 e. The van der Waals surface area contributed by atoms with Crippen LogP contribution < -0.4 is 5.32 Å². The summed E-state index contributed by atoms with van der Waals surface area (Å²) < 4.78 is 5.20. The van der Waals surface area contributed by atoms with Crippen LogP contribution in [0.15, 0.2) is 12.3 Å². The third-order valence-corrected chi connectivity index (χ3v) is 2.97. The van der Waals surface area contributed by atoms with Crippen LogP contribution in [0.4, 0.5) is 0 Å². The van der Waals surface area contributed by atoms with E-state index < -0.39 is 0 Å². The van der Waals surface area contributed by atoms with Gasteiger partial charge in [-0.05, 0) is 19.8 Å². The Balaban J connectivity index is 2.41. The van der Waals surface area contributed by atoms with Crippen LogP contribution in [-0.4, -0.2) is 19.3 Å². The highest BCUT2D eigenvalue weighted by Gasteiger charge is 2.36. The Morgan fingerprint density at radius 2 is 1.92 bits per heavy atom. The molecule has 1 saturated heterocycles. The lowest BCUT2D eigenvalue weighted by Gasteiger charge is -2.41. The molecule has 1 aliphatic heterocycles. The van der Waals surface area contributed by atoms with Crippen molar-refractivity contribution in [2.45, 2.75) is 33.7 Å². The van der Waals surface area contributed by atoms with Crippen molar-refractivity contribution in [1.29, 1.82) is 0 Å². The van der Waals surface area contributed by atoms with E-state index in [9.17, 15) is 0 Å². The topological polar surface area (TPSA) is 21.3 Å². The zero-order valence-electron chi connectivity index (χ0n) is 9.18. The summed E-state index contributed by atoms with van der Waals surface area (Å²) in [6, 6.07) is 0.491. The summed E-state index contributed by atoms with van der Waals surface area (Å²) in [5.74, 6) is 0.640. The minimum atomic E-state index is 0.170. The zero-order chi connectivity index (χ0) is 10.1. The van der Waals surface area contributed by atoms with Crippen molar-refractivity contribution in [3.63, 3.8) is 0 Å². The predicted octanol–water partition coefficient (Wildman–Crippen LogP) is 2.17. The van der Waals surface area contributed by atoms with E-state index in [1.54, 1.807) is 0 Å². The van der Waals surface area contributed by atoms with Crippen LogP contribution in [0.5, 0.6) is 0 Å². The molecule has 0 aromatic rings. The molecular weight excluding hydrogens is 162 g/mol. The van der Waals surface area contributed by atoms with Crippen molar-refractivity contribution >= 4 is 0 Å². The van der Waals surface area contributed by atoms with Crippen molar-refractivity contribution in [3.8, 4) is 0 Å². The lowest BCUT2D eigenvalue weighted by Crippen LogP contribution is -2.47. The SMILES string of the molecule is C=C(N[C@H](C)C(C)C)C1(C)COC1. The molecule has 0 aliphatic carbocycles. The normalized spacial score (nSPS) is 22.2. The average Bonchev–Trinajstić information content (AvgIpc) is 1.99. The van der Waals surface area contributed by atoms with Crippen LogP contribution in [0, 0.1) is 11.3 Å². The molecule has 0 bridgehead atoms. The molecule has 76 valence electrons. The Morgan fingerprint density at radius 1 is 1.38 bits per heavy atom. The molecule has 0 radical (unpaired) electrons. The van der Waals surface area contributed by atoms with Gasteiger partial charge >= 0.3 is 0 Å². The van der Waals surface area contributed by atoms with E-state index in [0.717, 1.165) is 18.9 Å². The van der Waals surface area contributed by atoms with Gasteiger partial charge in [0.15, 0.2) is 0 Å². The van der Waals surface area contributed by atoms with Gasteiger partial charge in [0.05, 0.1) is 18.6 Å². The molecule has 1 rings (SSSR count). The molecule has 1 atom stereocenters. The first-order valence-electron chi connectivity index (χ1n) is 4.99. The summed E-state index contributed by atoms with van der Waals surface area (Å²) in [6.07, 6.45) is 0. The monoisotopic (exact) mass is 183 g/mol. The fourth-order valence-corrected chi connectivity index (χ4v) is 1.20. The van der Waals surface area contributed by atoms with Gasteiger partial charge in [-0.15, -0.1) is 0 Å². The van der Waals surface area contributed by atoms with Crippen molar-refractivity contribution in [3.05, 3.63) is 12.3 Å². The Kier molecular flexibility index (Phi) is 3.01. The number of rotatable bonds is 4. The molecule has 0 aromatic carbocycles. The van der Waals surface area contributed by atoms with Gasteiger partial charge in [0, 0.05) is 11.7 Å². The number of ether oxygens (including phenoxy) is 1. The maximum atomic E-state index is 5.20. The Labute approximate surface area is 81.4 Å². The fourth-order valence-electron chi connectivity index (χ4n) is 1.20. The highest BCUT2D eigenvalue weighted by molar-refractivity contribution is 5.11. The highest BCUT2D eigenvalue weighted by atomic mass is 16.5. The standard InChI is InChI=1S/C11H21NO/c1-8(2)9(3)12-10(4)11(5)6-13-7-11/h8-9,12H,4,6-7H2,1-3,5H3/t9-/m1/s1. The lowest BCUT2D eigenvalue weighted by molar-refractivity contribution is -0.0817. The van der Waals surface area contributed by atoms with E-state index in [1.165, 1.54) is 0 Å². The lowest BCUT2D eigenvalue weighted by atomic mass is 9.84. The van der Waals surface area contributed by atoms with Gasteiger partial charge in [0.2, 0.25) is 0 Å². The van der Waals surface area contributed by atoms with E-state index in [4.69, 9.17) is 4.74 Å². The predicted molar refractivity (Wildman–Crippen MR) is 55.5 cm³/mol. The first-order chi connectivity index (χ1) is 5.96. The third kappa shape index (κ3) is 2.25. The first-order valence-corrected chi connectivity index (χ1v) is 4.99. The van der Waals surface area contributed by atoms with E-state index in [2.05, 4.69) is 39.6 Å². The van der Waals surface area contributed by atoms with Crippen LogP contribution in [0.3, 0.4) is 0 Å². The van der Waals surface area contributed by atoms with Crippen LogP contribution in [0.2, 0.25) is 0 Å². The third-order valence-electron chi connectivity index (χ3n) is 2.97. The van der Waals surface area contributed by atoms with Crippen molar-refractivity contribution < 1.29 is 4.74 Å². The molecule has 13 heavy (non-hydrogen) atoms. The van der Waals surface area contributed by atoms with Crippen LogP contribution in [0.1, 0.15) is 27.7 Å². The van der Waals surface area contributed by atoms with Crippen LogP contribution >= 0.6 is 0 Å². The van der Waals surface area contributed by atoms with Crippen LogP contribution in [0.25, 0.3) is 0 Å². The molecular formula is C11H21NO. The summed E-state index contributed by atoms with van der Waals surface area (Å²) in [6.45, 7) is 14.5. The summed E-state index contributed by atoms with van der Waals surface area (Å²) in [5.41, 5.74) is 1.29. The largest absolute Gasteiger partial charge is 0.386 e. The molecule has 1 heterocycles. The number of hydrogen-bond acceptors (Lipinski definition) is 2. The molecule has 1 fully saturated rings. The van der Waals surface area contributed by atoms with Crippen LogP contribution in [-0.2, 0) is 4.74 Å². The minimum absolute atomic E-state index is 0.170. The van der Waals surface area contributed by atoms with Gasteiger partial charge in [-0.3, -0.25) is 0 Å². The molecule has 0 unspecified atom stereocenters. The molecule has 2 heteroatoms. The zero-order valence-corrected chi connectivity index (χ0v) is 9.18. The minimum Gasteiger partial charge on any atom is -0.386 e. The average molecular weight is 183 g/mol. The van der Waals surface area contributed by atoms with Gasteiger partial charge in [-0.2, -0.15) is 0 Å². The molecule has 2 nitrogen and oxygen atoms in total. The Morgan fingerprint density at radius 3 is 2.23 bits per heavy atom. The second-order valence-electron chi connectivity index (χ2n) is 4.71. The molecule has 0 amide bonds. The summed E-state index contributed by atoms with van der Waals surface area (Å²) in [5, 5.41) is 3.45. The van der Waals surface area contributed by atoms with Crippen molar-refractivity contribution in [2.75, 3.05) is 13.2 Å².